The van der Waals surface area contributed by atoms with E-state index in [1.165, 1.54) is 0 Å². The predicted octanol–water partition coefficient (Wildman–Crippen LogP) is -0.0750. The minimum atomic E-state index is 0. The van der Waals surface area contributed by atoms with Crippen molar-refractivity contribution in [2.24, 2.45) is 0 Å². The van der Waals surface area contributed by atoms with Gasteiger partial charge in [-0.15, -0.1) is 0 Å². The summed E-state index contributed by atoms with van der Waals surface area (Å²) in [5.74, 6) is 0. The van der Waals surface area contributed by atoms with Crippen molar-refractivity contribution in [1.82, 2.24) is 0 Å². The lowest BCUT2D eigenvalue weighted by molar-refractivity contribution is 0.685. The molecule has 0 aromatic heterocycles. The molecule has 2 nitrogen and oxygen atoms in total. The van der Waals surface area contributed by atoms with E-state index in [1.807, 2.05) is 0 Å². The topological polar surface area (TPSA) is 57.0 Å². The second-order valence-electron chi connectivity index (χ2n) is 0. The standard InChI is InChI=1S/2C.2O. The highest BCUT2D eigenvalue weighted by Crippen LogP contribution is 0.0823. The molecule has 0 aromatic carbocycles. The molecule has 0 rings (SSSR count). The summed E-state index contributed by atoms with van der Waals surface area (Å²) in [4.78, 5) is 0. The maximum Gasteiger partial charge on any atom is 0 e. The lowest BCUT2D eigenvalue weighted by Gasteiger charge is -0.00100. The molecule has 0 bridgehead atoms. The average molecular weight is 56.0 g/mol. The zero-order valence-corrected chi connectivity index (χ0v) is 1.82. The van der Waals surface area contributed by atoms with Crippen molar-refractivity contribution in [3.8, 4) is 0 Å². The van der Waals surface area contributed by atoms with Crippen molar-refractivity contribution in [3.05, 3.63) is 14.9 Å². The van der Waals surface area contributed by atoms with Gasteiger partial charge in [0.05, 0.1) is 0 Å². The van der Waals surface area contributed by atoms with Gasteiger partial charge in [-0.1, -0.05) is 0 Å². The van der Waals surface area contributed by atoms with Crippen LogP contribution < -0.4 is 0 Å². The average Bonchev–Trinajstić information content (AvgIpc) is 0. The molecule has 12 radical (unpaired) electrons. The molecule has 0 aliphatic rings. The molecule has 0 fully saturated rings. The minimum absolute atomic E-state index is 0. The van der Waals surface area contributed by atoms with Crippen molar-refractivity contribution in [2.75, 3.05) is 0 Å². The molecule has 0 saturated heterocycles. The van der Waals surface area contributed by atoms with Crippen LogP contribution in [-0.2, 0) is 11.0 Å². The van der Waals surface area contributed by atoms with Crippen molar-refractivity contribution in [3.63, 3.8) is 0 Å². The molecule has 20 valence electrons. The summed E-state index contributed by atoms with van der Waals surface area (Å²) < 4.78 is 0. The third-order valence-electron chi connectivity index (χ3n) is 0. The summed E-state index contributed by atoms with van der Waals surface area (Å²) in [6.07, 6.45) is 0. The van der Waals surface area contributed by atoms with Crippen LogP contribution in [0.1, 0.15) is 0 Å². The van der Waals surface area contributed by atoms with Crippen LogP contribution in [0.2, 0.25) is 0 Å². The molecular weight excluding hydrogens is 56.0 g/mol. The van der Waals surface area contributed by atoms with Gasteiger partial charge in [0.2, 0.25) is 0 Å². The fourth-order valence-electron chi connectivity index (χ4n) is 0. The van der Waals surface area contributed by atoms with E-state index in [0.29, 0.717) is 0 Å². The number of hydrogen-bond acceptors (Lipinski definition) is 0. The fourth-order valence-corrected chi connectivity index (χ4v) is 0. The van der Waals surface area contributed by atoms with Crippen LogP contribution in [0.4, 0.5) is 0 Å². The van der Waals surface area contributed by atoms with Crippen molar-refractivity contribution < 1.29 is 11.0 Å². The molecule has 0 aromatic rings. The Morgan fingerprint density at radius 3 is 0.500 bits per heavy atom. The highest BCUT2D eigenvalue weighted by Gasteiger charge is 0.00300. The minimum Gasteiger partial charge on any atom is 0 e. The quantitative estimate of drug-likeness (QED) is 0.373. The fraction of sp³-hybridized carbons (Fsp3) is 0. The summed E-state index contributed by atoms with van der Waals surface area (Å²) >= 11 is 0. The van der Waals surface area contributed by atoms with Gasteiger partial charge in [0.1, 0.15) is 0 Å². The lowest BCUT2D eigenvalue weighted by atomic mass is 12.0. The smallest absolute Gasteiger partial charge is 0 e. The van der Waals surface area contributed by atoms with Crippen molar-refractivity contribution in [2.45, 2.75) is 0 Å². The first-order chi connectivity index (χ1) is 0. The number of hydrogen-bond donors (Lipinski definition) is 0. The van der Waals surface area contributed by atoms with Crippen LogP contribution in [0.5, 0.6) is 0 Å². The van der Waals surface area contributed by atoms with Gasteiger partial charge in [0.25, 0.3) is 0 Å². The highest BCUT2D eigenvalue weighted by molar-refractivity contribution is 3.24. The molecule has 0 aliphatic carbocycles. The molecular formula is C2O2. The summed E-state index contributed by atoms with van der Waals surface area (Å²) in [5, 5.41) is 0. The molecule has 0 amide bonds. The van der Waals surface area contributed by atoms with Gasteiger partial charge in [0.15, 0.2) is 0 Å². The molecule has 0 heterocycles. The molecule has 0 spiro atoms. The first-order valence-corrected chi connectivity index (χ1v) is 0. The van der Waals surface area contributed by atoms with Crippen LogP contribution in [0.15, 0.2) is 0 Å². The Morgan fingerprint density at radius 1 is 0.500 bits per heavy atom. The van der Waals surface area contributed by atoms with Gasteiger partial charge in [-0.3, -0.25) is 0 Å². The molecule has 0 saturated carbocycles. The largest absolute Gasteiger partial charge is 0 e. The Balaban J connectivity index is 0. The molecule has 4 heavy (non-hydrogen) atoms. The van der Waals surface area contributed by atoms with Crippen LogP contribution in [0.25, 0.3) is 0 Å². The van der Waals surface area contributed by atoms with E-state index in [0.717, 1.165) is 0 Å². The maximum atomic E-state index is 0. The molecule has 0 N–H and O–H groups in total. The van der Waals surface area contributed by atoms with E-state index >= 15 is 0 Å². The SMILES string of the molecule is [C].[C].[O].[O]. The van der Waals surface area contributed by atoms with E-state index in [1.54, 1.807) is 0 Å². The molecule has 0 unspecified atom stereocenters. The normalized spacial score (nSPS) is 0. The van der Waals surface area contributed by atoms with E-state index in [9.17, 15) is 0 Å². The highest BCUT2D eigenvalue weighted by atomic mass is 16.0. The van der Waals surface area contributed by atoms with Crippen LogP contribution in [0, 0.1) is 14.9 Å². The predicted molar refractivity (Wildman–Crippen MR) is 7.86 cm³/mol. The van der Waals surface area contributed by atoms with Crippen LogP contribution >= 0.6 is 0 Å². The lowest BCUT2D eigenvalue weighted by Crippen LogP contribution is -0.120. The summed E-state index contributed by atoms with van der Waals surface area (Å²) in [5.41, 5.74) is 0. The van der Waals surface area contributed by atoms with Crippen molar-refractivity contribution in [1.29, 1.82) is 0 Å². The monoisotopic (exact) mass is 56.0 g/mol. The van der Waals surface area contributed by atoms with Crippen LogP contribution in [-0.4, -0.2) is 0 Å². The Kier molecular flexibility index (Phi) is 2200000. The Hall–Kier alpha value is -0.0800. The van der Waals surface area contributed by atoms with Gasteiger partial charge < -0.3 is 0 Å². The molecule has 0 aliphatic heterocycles. The van der Waals surface area contributed by atoms with Gasteiger partial charge in [-0.2, -0.15) is 0 Å². The zero-order valence-electron chi connectivity index (χ0n) is 1.82. The summed E-state index contributed by atoms with van der Waals surface area (Å²) in [6, 6.07) is 0. The zero-order chi connectivity index (χ0) is 0. The first kappa shape index (κ1) is 5220. The number of rotatable bonds is 0. The second-order valence-corrected chi connectivity index (χ2v) is 0. The van der Waals surface area contributed by atoms with E-state index in [2.05, 4.69) is 0 Å². The Morgan fingerprint density at radius 2 is 0.500 bits per heavy atom. The molecule has 2 heteroatoms. The second kappa shape index (κ2) is 1680. The van der Waals surface area contributed by atoms with Gasteiger partial charge in [-0.25, -0.2) is 0 Å². The molecule has 0 atom stereocenters. The van der Waals surface area contributed by atoms with E-state index in [4.69, 9.17) is 0 Å². The Labute approximate surface area is 27.1 Å². The van der Waals surface area contributed by atoms with E-state index < -0.39 is 0 Å². The third-order valence-corrected chi connectivity index (χ3v) is 0. The van der Waals surface area contributed by atoms with Gasteiger partial charge in [-0.05, 0) is 0 Å². The van der Waals surface area contributed by atoms with Crippen molar-refractivity contribution >= 4 is 0 Å². The van der Waals surface area contributed by atoms with Crippen LogP contribution in [0.3, 0.4) is 0 Å². The Bertz CT molecular complexity index is 4.00. The van der Waals surface area contributed by atoms with Gasteiger partial charge >= 0.3 is 0 Å². The van der Waals surface area contributed by atoms with E-state index in [-0.39, 0.29) is 25.8 Å². The van der Waals surface area contributed by atoms with Gasteiger partial charge in [0, 0.05) is 25.8 Å². The first-order valence-electron chi connectivity index (χ1n) is 0. The summed E-state index contributed by atoms with van der Waals surface area (Å²) in [6.45, 7) is 0. The third kappa shape index (κ3) is 254. The maximum absolute atomic E-state index is 0. The summed E-state index contributed by atoms with van der Waals surface area (Å²) in [7, 11) is 0.